The predicted molar refractivity (Wildman–Crippen MR) is 90.5 cm³/mol. The molecular formula is C18H24N2O4. The SMILES string of the molecule is C=C1NC(=O)N[C@@H](c2ccccc2OCC)[C@@H]1C(=O)OCCCC. The van der Waals surface area contributed by atoms with Crippen LogP contribution in [0.2, 0.25) is 0 Å². The van der Waals surface area contributed by atoms with Crippen LogP contribution in [0.25, 0.3) is 0 Å². The van der Waals surface area contributed by atoms with Crippen LogP contribution in [-0.2, 0) is 9.53 Å². The Labute approximate surface area is 142 Å². The van der Waals surface area contributed by atoms with Crippen molar-refractivity contribution in [3.63, 3.8) is 0 Å². The van der Waals surface area contributed by atoms with Gasteiger partial charge in [0.05, 0.1) is 19.3 Å². The highest BCUT2D eigenvalue weighted by atomic mass is 16.5. The highest BCUT2D eigenvalue weighted by Crippen LogP contribution is 2.35. The molecule has 1 aromatic rings. The Morgan fingerprint density at radius 1 is 1.29 bits per heavy atom. The average molecular weight is 332 g/mol. The summed E-state index contributed by atoms with van der Waals surface area (Å²) in [7, 11) is 0. The number of benzene rings is 1. The molecule has 24 heavy (non-hydrogen) atoms. The molecule has 1 heterocycles. The second kappa shape index (κ2) is 8.38. The molecule has 2 N–H and O–H groups in total. The molecule has 0 bridgehead atoms. The zero-order chi connectivity index (χ0) is 17.5. The van der Waals surface area contributed by atoms with Gasteiger partial charge in [0, 0.05) is 11.3 Å². The first-order valence-corrected chi connectivity index (χ1v) is 8.23. The summed E-state index contributed by atoms with van der Waals surface area (Å²) in [4.78, 5) is 24.4. The summed E-state index contributed by atoms with van der Waals surface area (Å²) in [6, 6.07) is 6.36. The smallest absolute Gasteiger partial charge is 0.319 e. The van der Waals surface area contributed by atoms with Crippen molar-refractivity contribution >= 4 is 12.0 Å². The lowest BCUT2D eigenvalue weighted by molar-refractivity contribution is -0.148. The highest BCUT2D eigenvalue weighted by molar-refractivity contribution is 5.85. The molecule has 2 amide bonds. The van der Waals surface area contributed by atoms with E-state index in [1.165, 1.54) is 0 Å². The monoisotopic (exact) mass is 332 g/mol. The van der Waals surface area contributed by atoms with E-state index in [1.807, 2.05) is 38.1 Å². The van der Waals surface area contributed by atoms with Gasteiger partial charge in [-0.2, -0.15) is 0 Å². The Morgan fingerprint density at radius 3 is 2.75 bits per heavy atom. The molecule has 6 nitrogen and oxygen atoms in total. The molecule has 0 aliphatic carbocycles. The molecule has 1 aliphatic heterocycles. The van der Waals surface area contributed by atoms with Gasteiger partial charge in [0.15, 0.2) is 0 Å². The van der Waals surface area contributed by atoms with Crippen LogP contribution in [-0.4, -0.2) is 25.2 Å². The van der Waals surface area contributed by atoms with Crippen LogP contribution in [0.1, 0.15) is 38.3 Å². The molecule has 0 radical (unpaired) electrons. The fourth-order valence-corrected chi connectivity index (χ4v) is 2.65. The summed E-state index contributed by atoms with van der Waals surface area (Å²) in [5.74, 6) is -0.482. The molecule has 0 aromatic heterocycles. The molecule has 2 rings (SSSR count). The maximum atomic E-state index is 12.5. The number of nitrogens with one attached hydrogen (secondary N) is 2. The molecule has 1 aliphatic rings. The lowest BCUT2D eigenvalue weighted by Crippen LogP contribution is -2.51. The molecule has 6 heteroatoms. The number of para-hydroxylation sites is 1. The second-order valence-corrected chi connectivity index (χ2v) is 5.57. The lowest BCUT2D eigenvalue weighted by atomic mass is 9.88. The van der Waals surface area contributed by atoms with E-state index in [9.17, 15) is 9.59 Å². The van der Waals surface area contributed by atoms with Crippen LogP contribution < -0.4 is 15.4 Å². The van der Waals surface area contributed by atoms with Gasteiger partial charge >= 0.3 is 12.0 Å². The zero-order valence-corrected chi connectivity index (χ0v) is 14.1. The Bertz CT molecular complexity index is 615. The van der Waals surface area contributed by atoms with E-state index in [1.54, 1.807) is 0 Å². The summed E-state index contributed by atoms with van der Waals surface area (Å²) in [6.07, 6.45) is 1.73. The van der Waals surface area contributed by atoms with Gasteiger partial charge in [-0.15, -0.1) is 0 Å². The molecule has 1 fully saturated rings. The standard InChI is InChI=1S/C18H24N2O4/c1-4-6-11-24-17(21)15-12(3)19-18(22)20-16(15)13-9-7-8-10-14(13)23-5-2/h7-10,15-16H,3-6,11H2,1-2H3,(H2,19,20,22)/t15-,16+/m1/s1. The van der Waals surface area contributed by atoms with Crippen LogP contribution in [0.3, 0.4) is 0 Å². The molecule has 0 unspecified atom stereocenters. The van der Waals surface area contributed by atoms with E-state index in [0.717, 1.165) is 18.4 Å². The van der Waals surface area contributed by atoms with Crippen LogP contribution in [0.15, 0.2) is 36.5 Å². The molecule has 130 valence electrons. The van der Waals surface area contributed by atoms with Crippen molar-refractivity contribution in [3.8, 4) is 5.75 Å². The number of carbonyl (C=O) groups excluding carboxylic acids is 2. The molecule has 2 atom stereocenters. The van der Waals surface area contributed by atoms with Crippen molar-refractivity contribution in [1.82, 2.24) is 10.6 Å². The van der Waals surface area contributed by atoms with E-state index >= 15 is 0 Å². The van der Waals surface area contributed by atoms with Gasteiger partial charge in [-0.05, 0) is 19.4 Å². The van der Waals surface area contributed by atoms with Crippen molar-refractivity contribution in [3.05, 3.63) is 42.1 Å². The molecule has 1 saturated heterocycles. The zero-order valence-electron chi connectivity index (χ0n) is 14.1. The lowest BCUT2D eigenvalue weighted by Gasteiger charge is -2.34. The number of hydrogen-bond acceptors (Lipinski definition) is 4. The first-order valence-electron chi connectivity index (χ1n) is 8.23. The normalized spacial score (nSPS) is 20.1. The van der Waals surface area contributed by atoms with Crippen LogP contribution in [0.4, 0.5) is 4.79 Å². The first kappa shape index (κ1) is 17.8. The number of urea groups is 1. The Morgan fingerprint density at radius 2 is 2.04 bits per heavy atom. The van der Waals surface area contributed by atoms with Gasteiger partial charge in [0.2, 0.25) is 0 Å². The van der Waals surface area contributed by atoms with Gasteiger partial charge in [-0.3, -0.25) is 4.79 Å². The van der Waals surface area contributed by atoms with Gasteiger partial charge in [-0.1, -0.05) is 38.1 Å². The minimum atomic E-state index is -0.707. The van der Waals surface area contributed by atoms with Crippen LogP contribution >= 0.6 is 0 Å². The number of hydrogen-bond donors (Lipinski definition) is 2. The number of rotatable bonds is 7. The number of unbranched alkanes of at least 4 members (excludes halogenated alkanes) is 1. The van der Waals surface area contributed by atoms with Gasteiger partial charge in [0.1, 0.15) is 11.7 Å². The summed E-state index contributed by atoms with van der Waals surface area (Å²) in [6.45, 7) is 8.58. The maximum Gasteiger partial charge on any atom is 0.319 e. The van der Waals surface area contributed by atoms with Crippen LogP contribution in [0, 0.1) is 5.92 Å². The van der Waals surface area contributed by atoms with Gasteiger partial charge in [-0.25, -0.2) is 4.79 Å². The minimum absolute atomic E-state index is 0.330. The molecular weight excluding hydrogens is 308 g/mol. The third kappa shape index (κ3) is 4.07. The Balaban J connectivity index is 2.30. The van der Waals surface area contributed by atoms with Crippen molar-refractivity contribution in [2.45, 2.75) is 32.7 Å². The molecule has 1 aromatic carbocycles. The van der Waals surface area contributed by atoms with Crippen molar-refractivity contribution in [2.24, 2.45) is 5.92 Å². The van der Waals surface area contributed by atoms with Crippen molar-refractivity contribution in [1.29, 1.82) is 0 Å². The van der Waals surface area contributed by atoms with Gasteiger partial charge < -0.3 is 20.1 Å². The first-order chi connectivity index (χ1) is 11.6. The van der Waals surface area contributed by atoms with E-state index in [0.29, 0.717) is 24.7 Å². The summed E-state index contributed by atoms with van der Waals surface area (Å²) >= 11 is 0. The third-order valence-electron chi connectivity index (χ3n) is 3.82. The van der Waals surface area contributed by atoms with Crippen LogP contribution in [0.5, 0.6) is 5.75 Å². The van der Waals surface area contributed by atoms with E-state index < -0.39 is 24.0 Å². The molecule has 0 saturated carbocycles. The van der Waals surface area contributed by atoms with Crippen molar-refractivity contribution < 1.29 is 19.1 Å². The van der Waals surface area contributed by atoms with Crippen molar-refractivity contribution in [2.75, 3.05) is 13.2 Å². The third-order valence-corrected chi connectivity index (χ3v) is 3.82. The largest absolute Gasteiger partial charge is 0.494 e. The highest BCUT2D eigenvalue weighted by Gasteiger charge is 2.40. The Kier molecular flexibility index (Phi) is 6.23. The van der Waals surface area contributed by atoms with E-state index in [4.69, 9.17) is 9.47 Å². The van der Waals surface area contributed by atoms with Gasteiger partial charge in [0.25, 0.3) is 0 Å². The second-order valence-electron chi connectivity index (χ2n) is 5.57. The average Bonchev–Trinajstić information content (AvgIpc) is 2.55. The fraction of sp³-hybridized carbons (Fsp3) is 0.444. The molecule has 0 spiro atoms. The predicted octanol–water partition coefficient (Wildman–Crippen LogP) is 2.91. The number of amides is 2. The number of carbonyl (C=O) groups is 2. The topological polar surface area (TPSA) is 76.7 Å². The summed E-state index contributed by atoms with van der Waals surface area (Å²) < 4.78 is 11.0. The van der Waals surface area contributed by atoms with E-state index in [2.05, 4.69) is 17.2 Å². The number of ether oxygens (including phenoxy) is 2. The Hall–Kier alpha value is -2.50. The summed E-state index contributed by atoms with van der Waals surface area (Å²) in [5.41, 5.74) is 1.06. The summed E-state index contributed by atoms with van der Waals surface area (Å²) in [5, 5.41) is 5.36. The fourth-order valence-electron chi connectivity index (χ4n) is 2.65. The number of esters is 1. The van der Waals surface area contributed by atoms with E-state index in [-0.39, 0.29) is 0 Å². The minimum Gasteiger partial charge on any atom is -0.494 e. The quantitative estimate of drug-likeness (QED) is 0.594. The maximum absolute atomic E-state index is 12.5.